The highest BCUT2D eigenvalue weighted by atomic mass is 35.5. The predicted octanol–water partition coefficient (Wildman–Crippen LogP) is 6.10. The molecule has 0 unspecified atom stereocenters. The largest absolute Gasteiger partial charge is 0.436 e. The van der Waals surface area contributed by atoms with Crippen molar-refractivity contribution in [2.24, 2.45) is 12.8 Å². The molecule has 0 radical (unpaired) electrons. The topological polar surface area (TPSA) is 119 Å². The van der Waals surface area contributed by atoms with Crippen LogP contribution in [0.2, 0.25) is 5.02 Å². The summed E-state index contributed by atoms with van der Waals surface area (Å²) in [5.74, 6) is 0.696. The molecule has 0 atom stereocenters. The number of anilines is 2. The molecule has 0 aliphatic rings. The summed E-state index contributed by atoms with van der Waals surface area (Å²) in [6.45, 7) is 1.90. The second-order valence-electron chi connectivity index (χ2n) is 8.48. The smallest absolute Gasteiger partial charge is 0.248 e. The van der Waals surface area contributed by atoms with E-state index in [2.05, 4.69) is 21.4 Å². The number of benzene rings is 3. The van der Waals surface area contributed by atoms with Gasteiger partial charge in [-0.15, -0.1) is 0 Å². The number of nitriles is 1. The van der Waals surface area contributed by atoms with Gasteiger partial charge in [-0.1, -0.05) is 23.7 Å². The van der Waals surface area contributed by atoms with E-state index in [9.17, 15) is 4.79 Å². The maximum Gasteiger partial charge on any atom is 0.248 e. The minimum absolute atomic E-state index is 0.342. The first-order valence-electron chi connectivity index (χ1n) is 11.3. The van der Waals surface area contributed by atoms with Crippen LogP contribution in [-0.4, -0.2) is 20.4 Å². The molecule has 0 spiro atoms. The number of nitrogens with one attached hydrogen (secondary N) is 1. The average Bonchev–Trinajstić information content (AvgIpc) is 3.27. The van der Waals surface area contributed by atoms with E-state index in [0.717, 1.165) is 27.8 Å². The molecule has 1 amide bonds. The van der Waals surface area contributed by atoms with Gasteiger partial charge < -0.3 is 20.4 Å². The Bertz CT molecular complexity index is 1660. The highest BCUT2D eigenvalue weighted by Gasteiger charge is 2.17. The highest BCUT2D eigenvalue weighted by molar-refractivity contribution is 6.32. The van der Waals surface area contributed by atoms with E-state index in [1.54, 1.807) is 36.4 Å². The third kappa shape index (κ3) is 4.81. The van der Waals surface area contributed by atoms with Gasteiger partial charge in [-0.2, -0.15) is 15.2 Å². The van der Waals surface area contributed by atoms with Crippen LogP contribution < -0.4 is 15.8 Å². The van der Waals surface area contributed by atoms with E-state index >= 15 is 0 Å². The zero-order valence-electron chi connectivity index (χ0n) is 20.0. The van der Waals surface area contributed by atoms with Crippen molar-refractivity contribution in [3.05, 3.63) is 94.6 Å². The van der Waals surface area contributed by atoms with Gasteiger partial charge in [0, 0.05) is 24.5 Å². The summed E-state index contributed by atoms with van der Waals surface area (Å²) in [7, 11) is 1.89. The zero-order chi connectivity index (χ0) is 26.1. The fourth-order valence-electron chi connectivity index (χ4n) is 3.95. The summed E-state index contributed by atoms with van der Waals surface area (Å²) in [5.41, 5.74) is 10.3. The minimum Gasteiger partial charge on any atom is -0.436 e. The van der Waals surface area contributed by atoms with E-state index in [1.165, 1.54) is 0 Å². The molecule has 5 rings (SSSR count). The van der Waals surface area contributed by atoms with Gasteiger partial charge in [0.05, 0.1) is 22.0 Å². The molecule has 37 heavy (non-hydrogen) atoms. The van der Waals surface area contributed by atoms with Crippen LogP contribution in [0.1, 0.15) is 21.5 Å². The number of aryl methyl sites for hydroxylation is 2. The highest BCUT2D eigenvalue weighted by Crippen LogP contribution is 2.38. The third-order valence-electron chi connectivity index (χ3n) is 5.89. The van der Waals surface area contributed by atoms with Gasteiger partial charge in [0.15, 0.2) is 5.75 Å². The number of halogens is 1. The lowest BCUT2D eigenvalue weighted by atomic mass is 10.0. The number of carbonyl (C=O) groups excluding carboxylic acids is 1. The van der Waals surface area contributed by atoms with Gasteiger partial charge in [0.1, 0.15) is 5.65 Å². The molecule has 8 nitrogen and oxygen atoms in total. The number of nitrogens with two attached hydrogens (primary N) is 1. The first-order chi connectivity index (χ1) is 17.8. The number of aromatic nitrogens is 3. The van der Waals surface area contributed by atoms with Gasteiger partial charge in [-0.25, -0.2) is 0 Å². The predicted molar refractivity (Wildman–Crippen MR) is 143 cm³/mol. The minimum atomic E-state index is -0.477. The van der Waals surface area contributed by atoms with E-state index < -0.39 is 5.91 Å². The van der Waals surface area contributed by atoms with Crippen molar-refractivity contribution in [2.75, 3.05) is 5.32 Å². The molecule has 3 aromatic carbocycles. The van der Waals surface area contributed by atoms with Crippen LogP contribution in [0, 0.1) is 18.3 Å². The van der Waals surface area contributed by atoms with Crippen LogP contribution >= 0.6 is 11.6 Å². The Labute approximate surface area is 217 Å². The zero-order valence-corrected chi connectivity index (χ0v) is 20.7. The molecular formula is C28H21ClN6O2. The Morgan fingerprint density at radius 2 is 1.78 bits per heavy atom. The van der Waals surface area contributed by atoms with Gasteiger partial charge >= 0.3 is 0 Å². The second-order valence-corrected chi connectivity index (χ2v) is 8.89. The Balaban J connectivity index is 1.49. The summed E-state index contributed by atoms with van der Waals surface area (Å²) >= 11 is 6.68. The Morgan fingerprint density at radius 1 is 1.05 bits per heavy atom. The van der Waals surface area contributed by atoms with E-state index in [0.29, 0.717) is 39.4 Å². The normalized spacial score (nSPS) is 10.8. The number of carbonyl (C=O) groups is 1. The standard InChI is InChI=1S/C28H21ClN6O2/c1-16-13-20(18-5-7-19(8-6-18)25(31)36)14-23(29)24(16)37-27-22-11-12-35(2)26(22)33-28(34-27)32-21-9-3-17(15-30)4-10-21/h3-14H,1-2H3,(H2,31,36)(H,32,33,34). The summed E-state index contributed by atoms with van der Waals surface area (Å²) in [5, 5.41) is 13.4. The van der Waals surface area contributed by atoms with Crippen LogP contribution in [0.4, 0.5) is 11.6 Å². The lowest BCUT2D eigenvalue weighted by molar-refractivity contribution is 0.100. The van der Waals surface area contributed by atoms with Crippen molar-refractivity contribution >= 4 is 40.2 Å². The van der Waals surface area contributed by atoms with Gasteiger partial charge in [-0.05, 0) is 78.2 Å². The van der Waals surface area contributed by atoms with Crippen molar-refractivity contribution in [3.63, 3.8) is 0 Å². The van der Waals surface area contributed by atoms with Crippen LogP contribution in [0.3, 0.4) is 0 Å². The number of ether oxygens (including phenoxy) is 1. The number of rotatable bonds is 6. The molecule has 0 aliphatic carbocycles. The number of fused-ring (bicyclic) bond motifs is 1. The molecule has 0 saturated heterocycles. The van der Waals surface area contributed by atoms with Crippen LogP contribution in [0.15, 0.2) is 72.9 Å². The van der Waals surface area contributed by atoms with Gasteiger partial charge in [0.25, 0.3) is 0 Å². The van der Waals surface area contributed by atoms with E-state index in [4.69, 9.17) is 27.3 Å². The first-order valence-corrected chi connectivity index (χ1v) is 11.7. The SMILES string of the molecule is Cc1cc(-c2ccc(C(N)=O)cc2)cc(Cl)c1Oc1nc(Nc2ccc(C#N)cc2)nc2c1ccn2C. The average molecular weight is 509 g/mol. The second kappa shape index (κ2) is 9.64. The van der Waals surface area contributed by atoms with E-state index in [-0.39, 0.29) is 0 Å². The van der Waals surface area contributed by atoms with Crippen LogP contribution in [0.5, 0.6) is 11.6 Å². The monoisotopic (exact) mass is 508 g/mol. The van der Waals surface area contributed by atoms with E-state index in [1.807, 2.05) is 55.1 Å². The summed E-state index contributed by atoms with van der Waals surface area (Å²) in [6.07, 6.45) is 1.88. The molecule has 3 N–H and O–H groups in total. The third-order valence-corrected chi connectivity index (χ3v) is 6.17. The molecule has 0 aliphatic heterocycles. The number of primary amides is 1. The lowest BCUT2D eigenvalue weighted by Gasteiger charge is -2.14. The Morgan fingerprint density at radius 3 is 2.43 bits per heavy atom. The number of nitrogens with zero attached hydrogens (tertiary/aromatic N) is 4. The van der Waals surface area contributed by atoms with Crippen LogP contribution in [-0.2, 0) is 7.05 Å². The number of hydrogen-bond donors (Lipinski definition) is 2. The maximum absolute atomic E-state index is 11.4. The van der Waals surface area contributed by atoms with Crippen molar-refractivity contribution in [2.45, 2.75) is 6.92 Å². The Kier molecular flexibility index (Phi) is 6.22. The lowest BCUT2D eigenvalue weighted by Crippen LogP contribution is -2.10. The molecule has 182 valence electrons. The van der Waals surface area contributed by atoms with Gasteiger partial charge in [0.2, 0.25) is 17.7 Å². The summed E-state index contributed by atoms with van der Waals surface area (Å²) < 4.78 is 8.16. The summed E-state index contributed by atoms with van der Waals surface area (Å²) in [4.78, 5) is 20.6. The van der Waals surface area contributed by atoms with Crippen molar-refractivity contribution < 1.29 is 9.53 Å². The molecule has 9 heteroatoms. The molecule has 2 heterocycles. The molecule has 2 aromatic heterocycles. The fourth-order valence-corrected chi connectivity index (χ4v) is 4.26. The summed E-state index contributed by atoms with van der Waals surface area (Å²) in [6, 6.07) is 21.8. The molecule has 5 aromatic rings. The molecule has 0 saturated carbocycles. The fraction of sp³-hybridized carbons (Fsp3) is 0.0714. The van der Waals surface area contributed by atoms with Crippen molar-refractivity contribution in [1.29, 1.82) is 5.26 Å². The van der Waals surface area contributed by atoms with Gasteiger partial charge in [-0.3, -0.25) is 4.79 Å². The first kappa shape index (κ1) is 23.9. The quantitative estimate of drug-likeness (QED) is 0.286. The number of hydrogen-bond acceptors (Lipinski definition) is 6. The number of amides is 1. The molecule has 0 bridgehead atoms. The Hall–Kier alpha value is -4.87. The maximum atomic E-state index is 11.4. The molecule has 0 fully saturated rings. The van der Waals surface area contributed by atoms with Crippen LogP contribution in [0.25, 0.3) is 22.2 Å². The van der Waals surface area contributed by atoms with Crippen molar-refractivity contribution in [1.82, 2.24) is 14.5 Å². The molecular weight excluding hydrogens is 488 g/mol. The van der Waals surface area contributed by atoms with Crippen molar-refractivity contribution in [3.8, 4) is 28.8 Å².